The predicted octanol–water partition coefficient (Wildman–Crippen LogP) is 6.86. The second kappa shape index (κ2) is 9.35. The van der Waals surface area contributed by atoms with Crippen molar-refractivity contribution in [2.75, 3.05) is 0 Å². The number of benzene rings is 5. The van der Waals surface area contributed by atoms with E-state index in [2.05, 4.69) is 0 Å². The Bertz CT molecular complexity index is 1460. The van der Waals surface area contributed by atoms with Crippen LogP contribution in [-0.2, 0) is 29.9 Å². The Morgan fingerprint density at radius 3 is 0.850 bits per heavy atom. The topological polar surface area (TPSA) is 52.6 Å². The van der Waals surface area contributed by atoms with E-state index in [1.807, 2.05) is 146 Å². The molecule has 4 heteroatoms. The average molecular weight is 523 g/mol. The molecule has 0 radical (unpaired) electrons. The first kappa shape index (κ1) is 24.1. The number of rotatable bonds is 6. The number of ether oxygens (including phenoxy) is 2. The van der Waals surface area contributed by atoms with Crippen LogP contribution in [0.5, 0.6) is 0 Å². The van der Waals surface area contributed by atoms with Crippen molar-refractivity contribution in [3.63, 3.8) is 0 Å². The minimum absolute atomic E-state index is 0.265. The molecule has 2 aliphatic rings. The normalized spacial score (nSPS) is 20.4. The van der Waals surface area contributed by atoms with Crippen LogP contribution < -0.4 is 0 Å². The molecule has 0 bridgehead atoms. The highest BCUT2D eigenvalue weighted by Crippen LogP contribution is 2.56. The van der Waals surface area contributed by atoms with Crippen molar-refractivity contribution in [2.45, 2.75) is 23.0 Å². The van der Waals surface area contributed by atoms with Crippen LogP contribution in [-0.4, -0.2) is 11.9 Å². The molecule has 194 valence electrons. The van der Waals surface area contributed by atoms with Gasteiger partial charge in [-0.2, -0.15) is 0 Å². The number of carbonyl (C=O) groups excluding carboxylic acids is 2. The van der Waals surface area contributed by atoms with Crippen LogP contribution in [0.25, 0.3) is 0 Å². The summed E-state index contributed by atoms with van der Waals surface area (Å²) in [6.07, 6.45) is -0.980. The Hall–Kier alpha value is -4.96. The molecule has 2 atom stereocenters. The van der Waals surface area contributed by atoms with Crippen molar-refractivity contribution in [1.82, 2.24) is 0 Å². The van der Waals surface area contributed by atoms with Gasteiger partial charge in [-0.1, -0.05) is 146 Å². The van der Waals surface area contributed by atoms with Gasteiger partial charge in [0.2, 0.25) is 0 Å². The molecule has 0 amide bonds. The molecule has 2 heterocycles. The van der Waals surface area contributed by atoms with Crippen LogP contribution in [0, 0.1) is 0 Å². The van der Waals surface area contributed by atoms with Crippen LogP contribution in [0.4, 0.5) is 0 Å². The summed E-state index contributed by atoms with van der Waals surface area (Å²) in [4.78, 5) is 26.6. The Labute approximate surface area is 232 Å². The maximum atomic E-state index is 13.3. The summed E-state index contributed by atoms with van der Waals surface area (Å²) < 4.78 is 11.7. The molecule has 4 nitrogen and oxygen atoms in total. The third-order valence-electron chi connectivity index (χ3n) is 8.34. The number of esters is 2. The van der Waals surface area contributed by atoms with Gasteiger partial charge >= 0.3 is 11.9 Å². The summed E-state index contributed by atoms with van der Waals surface area (Å²) in [7, 11) is 0. The molecule has 0 spiro atoms. The highest BCUT2D eigenvalue weighted by molar-refractivity contribution is 5.95. The van der Waals surface area contributed by atoms with Crippen LogP contribution >= 0.6 is 0 Å². The first-order chi connectivity index (χ1) is 19.7. The van der Waals surface area contributed by atoms with Crippen LogP contribution in [0.3, 0.4) is 0 Å². The van der Waals surface area contributed by atoms with Crippen molar-refractivity contribution in [3.05, 3.63) is 179 Å². The third kappa shape index (κ3) is 3.32. The van der Waals surface area contributed by atoms with E-state index in [9.17, 15) is 9.59 Å². The SMILES string of the molecule is O=C1O[C@H](c2ccc([C@@H]3OC(=O)C3(c3ccccc3)c3ccccc3)cc2)C1(c1ccccc1)c1ccccc1. The molecule has 2 saturated heterocycles. The van der Waals surface area contributed by atoms with E-state index >= 15 is 0 Å². The Morgan fingerprint density at radius 2 is 0.625 bits per heavy atom. The quantitative estimate of drug-likeness (QED) is 0.229. The highest BCUT2D eigenvalue weighted by atomic mass is 16.6. The molecule has 0 N–H and O–H groups in total. The number of hydrogen-bond donors (Lipinski definition) is 0. The number of cyclic esters (lactones) is 2. The monoisotopic (exact) mass is 522 g/mol. The van der Waals surface area contributed by atoms with E-state index in [1.165, 1.54) is 0 Å². The van der Waals surface area contributed by atoms with E-state index in [-0.39, 0.29) is 11.9 Å². The van der Waals surface area contributed by atoms with Crippen molar-refractivity contribution >= 4 is 11.9 Å². The molecule has 0 unspecified atom stereocenters. The zero-order valence-corrected chi connectivity index (χ0v) is 21.6. The third-order valence-corrected chi connectivity index (χ3v) is 8.34. The fourth-order valence-corrected chi connectivity index (χ4v) is 6.37. The van der Waals surface area contributed by atoms with E-state index < -0.39 is 23.0 Å². The van der Waals surface area contributed by atoms with E-state index in [1.54, 1.807) is 0 Å². The van der Waals surface area contributed by atoms with E-state index in [4.69, 9.17) is 9.47 Å². The lowest BCUT2D eigenvalue weighted by atomic mass is 9.64. The molecular formula is C36H26O4. The van der Waals surface area contributed by atoms with Crippen molar-refractivity contribution < 1.29 is 19.1 Å². The molecule has 0 aliphatic carbocycles. The molecule has 5 aromatic carbocycles. The van der Waals surface area contributed by atoms with Gasteiger partial charge in [-0.15, -0.1) is 0 Å². The van der Waals surface area contributed by atoms with Crippen molar-refractivity contribution in [3.8, 4) is 0 Å². The van der Waals surface area contributed by atoms with Gasteiger partial charge in [0.15, 0.2) is 23.0 Å². The minimum atomic E-state index is -0.940. The van der Waals surface area contributed by atoms with Crippen molar-refractivity contribution in [2.24, 2.45) is 0 Å². The first-order valence-corrected chi connectivity index (χ1v) is 13.4. The molecule has 5 aromatic rings. The Balaban J connectivity index is 1.30. The van der Waals surface area contributed by atoms with Gasteiger partial charge in [0, 0.05) is 0 Å². The molecule has 7 rings (SSSR count). The fourth-order valence-electron chi connectivity index (χ4n) is 6.37. The second-order valence-corrected chi connectivity index (χ2v) is 10.3. The number of hydrogen-bond acceptors (Lipinski definition) is 4. The Morgan fingerprint density at radius 1 is 0.375 bits per heavy atom. The summed E-state index contributed by atoms with van der Waals surface area (Å²) in [6.45, 7) is 0. The van der Waals surface area contributed by atoms with E-state index in [0.29, 0.717) is 0 Å². The smallest absolute Gasteiger partial charge is 0.325 e. The van der Waals surface area contributed by atoms with Gasteiger partial charge in [0.25, 0.3) is 0 Å². The molecule has 0 saturated carbocycles. The summed E-state index contributed by atoms with van der Waals surface area (Å²) >= 11 is 0. The van der Waals surface area contributed by atoms with Gasteiger partial charge in [-0.25, -0.2) is 0 Å². The number of carbonyl (C=O) groups is 2. The van der Waals surface area contributed by atoms with Gasteiger partial charge in [-0.05, 0) is 33.4 Å². The fraction of sp³-hybridized carbons (Fsp3) is 0.111. The maximum absolute atomic E-state index is 13.3. The first-order valence-electron chi connectivity index (χ1n) is 13.4. The van der Waals surface area contributed by atoms with E-state index in [0.717, 1.165) is 33.4 Å². The summed E-state index contributed by atoms with van der Waals surface area (Å²) in [5.74, 6) is -0.529. The average Bonchev–Trinajstić information content (AvgIpc) is 3.01. The Kier molecular flexibility index (Phi) is 5.64. The maximum Gasteiger partial charge on any atom is 0.325 e. The molecule has 0 aromatic heterocycles. The largest absolute Gasteiger partial charge is 0.454 e. The van der Waals surface area contributed by atoms with Gasteiger partial charge < -0.3 is 9.47 Å². The lowest BCUT2D eigenvalue weighted by Gasteiger charge is -2.48. The second-order valence-electron chi connectivity index (χ2n) is 10.3. The predicted molar refractivity (Wildman–Crippen MR) is 151 cm³/mol. The highest BCUT2D eigenvalue weighted by Gasteiger charge is 2.62. The summed E-state index contributed by atoms with van der Waals surface area (Å²) in [6, 6.07) is 47.2. The van der Waals surface area contributed by atoms with Crippen LogP contribution in [0.1, 0.15) is 45.6 Å². The summed E-state index contributed by atoms with van der Waals surface area (Å²) in [5, 5.41) is 0. The van der Waals surface area contributed by atoms with Gasteiger partial charge in [0.1, 0.15) is 0 Å². The van der Waals surface area contributed by atoms with Gasteiger partial charge in [0.05, 0.1) is 0 Å². The molecule has 2 fully saturated rings. The molecule has 2 aliphatic heterocycles. The zero-order chi connectivity index (χ0) is 27.2. The summed E-state index contributed by atoms with van der Waals surface area (Å²) in [5.41, 5.74) is 3.46. The standard InChI is InChI=1S/C36H26O4/c37-33-35(27-13-5-1-6-14-27,28-15-7-2-8-16-28)31(39-33)25-21-23-26(24-22-25)32-36(34(38)40-32,29-17-9-3-10-18-29)30-19-11-4-12-20-30/h1-24,31-32H/t31-,32+. The lowest BCUT2D eigenvalue weighted by molar-refractivity contribution is -0.188. The zero-order valence-electron chi connectivity index (χ0n) is 21.6. The minimum Gasteiger partial charge on any atom is -0.454 e. The molecular weight excluding hydrogens is 496 g/mol. The molecule has 40 heavy (non-hydrogen) atoms. The lowest BCUT2D eigenvalue weighted by Crippen LogP contribution is -2.55. The van der Waals surface area contributed by atoms with Crippen LogP contribution in [0.15, 0.2) is 146 Å². The van der Waals surface area contributed by atoms with Gasteiger partial charge in [-0.3, -0.25) is 9.59 Å². The van der Waals surface area contributed by atoms with Crippen LogP contribution in [0.2, 0.25) is 0 Å². The van der Waals surface area contributed by atoms with Crippen molar-refractivity contribution in [1.29, 1.82) is 0 Å².